The quantitative estimate of drug-likeness (QED) is 0.0866. The van der Waals surface area contributed by atoms with Gasteiger partial charge in [-0.25, -0.2) is 4.98 Å². The normalized spacial score (nSPS) is 20.2. The summed E-state index contributed by atoms with van der Waals surface area (Å²) in [6.07, 6.45) is 8.73. The van der Waals surface area contributed by atoms with Crippen molar-refractivity contribution in [2.24, 2.45) is 11.8 Å². The molecule has 5 aromatic rings. The van der Waals surface area contributed by atoms with Crippen LogP contribution in [0.2, 0.25) is 0 Å². The number of allylic oxidation sites excluding steroid dienone is 2. The second-order valence-corrected chi connectivity index (χ2v) is 24.2. The summed E-state index contributed by atoms with van der Waals surface area (Å²) in [7, 11) is 2.08. The number of nitrogens with zero attached hydrogens (tertiary/aromatic N) is 7. The van der Waals surface area contributed by atoms with Crippen LogP contribution in [0.15, 0.2) is 151 Å². The predicted molar refractivity (Wildman–Crippen MR) is 316 cm³/mol. The van der Waals surface area contributed by atoms with Crippen molar-refractivity contribution in [3.63, 3.8) is 0 Å². The SMILES string of the molecule is C=C1CCC(N2Cc3c(OCc4ccc(CN5CCN(CC6CC(Cc7ccc(C(=C)N(C)c8ncc(Sc9cc(C(=C)N%10CCN(C(=C)C)CC%10)c(CC)cc9C)s8)cc7)C6)CC5)cc4)cccc3C2=C)C(=C)N1. The molecule has 9 nitrogen and oxygen atoms in total. The van der Waals surface area contributed by atoms with E-state index in [0.29, 0.717) is 6.61 Å². The molecule has 1 aliphatic carbocycles. The molecule has 5 heterocycles. The van der Waals surface area contributed by atoms with Crippen LogP contribution in [-0.2, 0) is 32.5 Å². The van der Waals surface area contributed by atoms with Gasteiger partial charge in [0.25, 0.3) is 0 Å². The van der Waals surface area contributed by atoms with Crippen molar-refractivity contribution >= 4 is 45.3 Å². The first kappa shape index (κ1) is 52.5. The zero-order chi connectivity index (χ0) is 52.3. The second kappa shape index (κ2) is 23.1. The molecule has 3 saturated heterocycles. The zero-order valence-electron chi connectivity index (χ0n) is 45.1. The summed E-state index contributed by atoms with van der Waals surface area (Å²) in [6, 6.07) is 29.4. The molecule has 0 bridgehead atoms. The fourth-order valence-corrected chi connectivity index (χ4v) is 13.9. The first-order valence-corrected chi connectivity index (χ1v) is 28.9. The van der Waals surface area contributed by atoms with E-state index in [4.69, 9.17) is 9.72 Å². The number of nitrogens with one attached hydrogen (secondary N) is 1. The van der Waals surface area contributed by atoms with E-state index >= 15 is 0 Å². The van der Waals surface area contributed by atoms with Crippen LogP contribution < -0.4 is 15.0 Å². The third kappa shape index (κ3) is 12.0. The van der Waals surface area contributed by atoms with Gasteiger partial charge in [0.2, 0.25) is 0 Å². The Bertz CT molecular complexity index is 2930. The summed E-state index contributed by atoms with van der Waals surface area (Å²) in [5, 5.41) is 4.32. The number of rotatable bonds is 19. The monoisotopic (exact) mass is 1040 g/mol. The van der Waals surface area contributed by atoms with Crippen molar-refractivity contribution in [1.82, 2.24) is 34.8 Å². The number of thiazole rings is 1. The fourth-order valence-electron chi connectivity index (χ4n) is 11.9. The molecule has 392 valence electrons. The van der Waals surface area contributed by atoms with Crippen molar-refractivity contribution in [3.8, 4) is 5.75 Å². The van der Waals surface area contributed by atoms with Gasteiger partial charge in [-0.1, -0.05) is 136 Å². The van der Waals surface area contributed by atoms with Crippen LogP contribution in [0.5, 0.6) is 5.75 Å². The minimum Gasteiger partial charge on any atom is -0.489 e. The number of piperazine rings is 2. The van der Waals surface area contributed by atoms with Gasteiger partial charge in [-0.2, -0.15) is 0 Å². The highest BCUT2D eigenvalue weighted by Crippen LogP contribution is 2.43. The third-order valence-electron chi connectivity index (χ3n) is 16.6. The Morgan fingerprint density at radius 3 is 2.24 bits per heavy atom. The number of fused-ring (bicyclic) bond motifs is 1. The standard InChI is InChI=1S/C64H78N8OS2/c1-11-55-33-44(4)62(37-58(55)48(8)71-31-29-70(30-32-71)43(2)3)74-63-38-65-64(75-63)67(10)47(7)56-22-20-50(21-23-56)34-53-35-54(36-53)40-69-27-25-68(26-28-69)39-51-16-18-52(19-17-51)42-73-61-14-12-13-57-49(9)72(41-59(57)61)60-24-15-45(5)66-46(60)6/h12-14,16-23,33,37-38,53-54,60,66H,2,5-9,11,15,24-32,34-36,39-42H2,1,3-4,10H3. The van der Waals surface area contributed by atoms with Crippen molar-refractivity contribution in [2.45, 2.75) is 94.1 Å². The number of aryl methyl sites for hydroxylation is 2. The molecular weight excluding hydrogens is 961 g/mol. The molecule has 0 radical (unpaired) electrons. The molecule has 4 aromatic carbocycles. The summed E-state index contributed by atoms with van der Waals surface area (Å²) < 4.78 is 7.64. The molecule has 1 aromatic heterocycles. The van der Waals surface area contributed by atoms with Gasteiger partial charge in [0, 0.05) is 135 Å². The van der Waals surface area contributed by atoms with Gasteiger partial charge in [-0.3, -0.25) is 4.90 Å². The smallest absolute Gasteiger partial charge is 0.190 e. The molecule has 1 unspecified atom stereocenters. The highest BCUT2D eigenvalue weighted by molar-refractivity contribution is 8.01. The van der Waals surface area contributed by atoms with E-state index in [-0.39, 0.29) is 6.04 Å². The van der Waals surface area contributed by atoms with Gasteiger partial charge >= 0.3 is 0 Å². The van der Waals surface area contributed by atoms with E-state index in [1.54, 1.807) is 23.1 Å². The van der Waals surface area contributed by atoms with Crippen molar-refractivity contribution in [1.29, 1.82) is 0 Å². The molecule has 5 aliphatic rings. The average Bonchev–Trinajstić information content (AvgIpc) is 4.02. The predicted octanol–water partition coefficient (Wildman–Crippen LogP) is 12.9. The molecule has 1 atom stereocenters. The molecule has 75 heavy (non-hydrogen) atoms. The Kier molecular flexibility index (Phi) is 16.2. The molecule has 0 spiro atoms. The number of aromatic nitrogens is 1. The number of hydrogen-bond donors (Lipinski definition) is 1. The molecule has 4 aliphatic heterocycles. The van der Waals surface area contributed by atoms with E-state index in [1.807, 2.05) is 6.20 Å². The fraction of sp³-hybridized carbons (Fsp3) is 0.391. The van der Waals surface area contributed by atoms with E-state index < -0.39 is 0 Å². The van der Waals surface area contributed by atoms with Gasteiger partial charge < -0.3 is 34.6 Å². The summed E-state index contributed by atoms with van der Waals surface area (Å²) >= 11 is 3.52. The number of anilines is 1. The maximum Gasteiger partial charge on any atom is 0.190 e. The topological polar surface area (TPSA) is 53.6 Å². The van der Waals surface area contributed by atoms with E-state index in [0.717, 1.165) is 154 Å². The van der Waals surface area contributed by atoms with Crippen LogP contribution in [0.1, 0.15) is 89.6 Å². The van der Waals surface area contributed by atoms with Crippen LogP contribution in [0.25, 0.3) is 17.1 Å². The molecule has 4 fully saturated rings. The maximum absolute atomic E-state index is 6.47. The summed E-state index contributed by atoms with van der Waals surface area (Å²) in [6.45, 7) is 44.7. The van der Waals surface area contributed by atoms with Crippen molar-refractivity contribution in [2.75, 3.05) is 70.9 Å². The summed E-state index contributed by atoms with van der Waals surface area (Å²) in [5.41, 5.74) is 17.7. The van der Waals surface area contributed by atoms with Crippen molar-refractivity contribution in [3.05, 3.63) is 192 Å². The first-order valence-electron chi connectivity index (χ1n) is 27.3. The Hall–Kier alpha value is -5.98. The van der Waals surface area contributed by atoms with Crippen molar-refractivity contribution < 1.29 is 4.74 Å². The van der Waals surface area contributed by atoms with Gasteiger partial charge in [0.1, 0.15) is 12.4 Å². The van der Waals surface area contributed by atoms with Gasteiger partial charge in [0.15, 0.2) is 5.13 Å². The lowest BCUT2D eigenvalue weighted by Crippen LogP contribution is -2.48. The third-order valence-corrected chi connectivity index (χ3v) is 18.9. The summed E-state index contributed by atoms with van der Waals surface area (Å²) in [5.74, 6) is 2.52. The van der Waals surface area contributed by atoms with E-state index in [1.165, 1.54) is 73.0 Å². The Labute approximate surface area is 456 Å². The van der Waals surface area contributed by atoms with Crippen LogP contribution in [0.3, 0.4) is 0 Å². The highest BCUT2D eigenvalue weighted by Gasteiger charge is 2.34. The lowest BCUT2D eigenvalue weighted by molar-refractivity contribution is 0.0763. The number of hydrogen-bond acceptors (Lipinski definition) is 11. The molecule has 10 rings (SSSR count). The lowest BCUT2D eigenvalue weighted by atomic mass is 9.72. The summed E-state index contributed by atoms with van der Waals surface area (Å²) in [4.78, 5) is 20.7. The van der Waals surface area contributed by atoms with E-state index in [9.17, 15) is 0 Å². The van der Waals surface area contributed by atoms with E-state index in [2.05, 4.69) is 181 Å². The molecule has 11 heteroatoms. The largest absolute Gasteiger partial charge is 0.489 e. The first-order chi connectivity index (χ1) is 36.3. The van der Waals surface area contributed by atoms with Crippen LogP contribution in [0.4, 0.5) is 5.13 Å². The lowest BCUT2D eigenvalue weighted by Gasteiger charge is -2.41. The number of ether oxygens (including phenoxy) is 1. The molecule has 0 amide bonds. The van der Waals surface area contributed by atoms with Gasteiger partial charge in [-0.15, -0.1) is 0 Å². The Morgan fingerprint density at radius 1 is 0.840 bits per heavy atom. The Balaban J connectivity index is 0.630. The number of piperidine rings is 1. The van der Waals surface area contributed by atoms with Gasteiger partial charge in [-0.05, 0) is 110 Å². The minimum absolute atomic E-state index is 0.205. The average molecular weight is 1040 g/mol. The van der Waals surface area contributed by atoms with Crippen LogP contribution in [-0.4, -0.2) is 101 Å². The Morgan fingerprint density at radius 2 is 1.53 bits per heavy atom. The second-order valence-electron chi connectivity index (χ2n) is 21.8. The zero-order valence-corrected chi connectivity index (χ0v) is 46.8. The molecule has 1 N–H and O–H groups in total. The maximum atomic E-state index is 6.47. The molecular formula is C64H78N8OS2. The highest BCUT2D eigenvalue weighted by atomic mass is 32.2. The number of benzene rings is 4. The van der Waals surface area contributed by atoms with Crippen LogP contribution in [0, 0.1) is 18.8 Å². The molecule has 1 saturated carbocycles. The van der Waals surface area contributed by atoms with Gasteiger partial charge in [0.05, 0.1) is 16.4 Å². The van der Waals surface area contributed by atoms with Crippen LogP contribution >= 0.6 is 23.1 Å². The minimum atomic E-state index is 0.205.